The van der Waals surface area contributed by atoms with Gasteiger partial charge in [0.05, 0.1) is 5.69 Å². The van der Waals surface area contributed by atoms with E-state index in [1.54, 1.807) is 18.2 Å². The highest BCUT2D eigenvalue weighted by Gasteiger charge is 2.34. The van der Waals surface area contributed by atoms with Gasteiger partial charge < -0.3 is 0 Å². The van der Waals surface area contributed by atoms with Gasteiger partial charge in [0.2, 0.25) is 0 Å². The average molecular weight is 405 g/mol. The zero-order chi connectivity index (χ0) is 17.3. The number of nitrogens with zero attached hydrogens (tertiary/aromatic N) is 1. The van der Waals surface area contributed by atoms with E-state index < -0.39 is 17.6 Å². The zero-order valence-corrected chi connectivity index (χ0v) is 14.5. The highest BCUT2D eigenvalue weighted by Crippen LogP contribution is 2.24. The molecule has 1 N–H and O–H groups in total. The van der Waals surface area contributed by atoms with Crippen LogP contribution in [0.2, 0.25) is 0 Å². The normalized spacial score (nSPS) is 16.5. The number of hydrogen-bond donors (Lipinski definition) is 1. The van der Waals surface area contributed by atoms with Crippen LogP contribution in [0.15, 0.2) is 58.6 Å². The van der Waals surface area contributed by atoms with E-state index in [4.69, 9.17) is 12.2 Å². The predicted octanol–water partition coefficient (Wildman–Crippen LogP) is 3.42. The maximum atomic E-state index is 13.0. The molecule has 0 atom stereocenters. The third-order valence-electron chi connectivity index (χ3n) is 3.35. The first kappa shape index (κ1) is 16.5. The molecule has 1 aliphatic heterocycles. The van der Waals surface area contributed by atoms with Crippen LogP contribution in [-0.4, -0.2) is 16.9 Å². The highest BCUT2D eigenvalue weighted by atomic mass is 79.9. The molecule has 2 aromatic carbocycles. The van der Waals surface area contributed by atoms with E-state index in [1.165, 1.54) is 35.2 Å². The Kier molecular flexibility index (Phi) is 4.55. The second-order valence-corrected chi connectivity index (χ2v) is 6.29. The van der Waals surface area contributed by atoms with Gasteiger partial charge in [-0.25, -0.2) is 4.39 Å². The first-order chi connectivity index (χ1) is 11.5. The van der Waals surface area contributed by atoms with Crippen LogP contribution < -0.4 is 10.2 Å². The minimum Gasteiger partial charge on any atom is -0.298 e. The lowest BCUT2D eigenvalue weighted by Crippen LogP contribution is -2.54. The second kappa shape index (κ2) is 6.62. The van der Waals surface area contributed by atoms with Gasteiger partial charge >= 0.3 is 0 Å². The molecule has 0 saturated carbocycles. The summed E-state index contributed by atoms with van der Waals surface area (Å²) in [5.41, 5.74) is 0.997. The molecule has 0 aromatic heterocycles. The molecule has 3 rings (SSSR count). The fraction of sp³-hybridized carbons (Fsp3) is 0. The van der Waals surface area contributed by atoms with Crippen LogP contribution >= 0.6 is 28.1 Å². The Morgan fingerprint density at radius 1 is 1.12 bits per heavy atom. The number of halogens is 2. The Labute approximate surface area is 151 Å². The molecule has 7 heteroatoms. The lowest BCUT2D eigenvalue weighted by atomic mass is 10.1. The van der Waals surface area contributed by atoms with Crippen LogP contribution in [-0.2, 0) is 9.59 Å². The quantitative estimate of drug-likeness (QED) is 0.473. The molecule has 1 aliphatic rings. The molecule has 0 spiro atoms. The van der Waals surface area contributed by atoms with E-state index in [2.05, 4.69) is 21.2 Å². The molecule has 0 bridgehead atoms. The van der Waals surface area contributed by atoms with Crippen molar-refractivity contribution in [2.24, 2.45) is 0 Å². The van der Waals surface area contributed by atoms with E-state index in [-0.39, 0.29) is 10.7 Å². The van der Waals surface area contributed by atoms with Gasteiger partial charge in [-0.1, -0.05) is 34.1 Å². The van der Waals surface area contributed by atoms with Crippen LogP contribution in [0.25, 0.3) is 6.08 Å². The second-order valence-electron chi connectivity index (χ2n) is 4.99. The van der Waals surface area contributed by atoms with Crippen molar-refractivity contribution in [3.8, 4) is 0 Å². The molecule has 2 amide bonds. The summed E-state index contributed by atoms with van der Waals surface area (Å²) in [5, 5.41) is 2.51. The number of carbonyl (C=O) groups excluding carboxylic acids is 2. The number of carbonyl (C=O) groups is 2. The fourth-order valence-electron chi connectivity index (χ4n) is 2.23. The van der Waals surface area contributed by atoms with Crippen molar-refractivity contribution in [3.05, 3.63) is 70.0 Å². The number of thiocarbonyl (C=S) groups is 1. The van der Waals surface area contributed by atoms with Crippen molar-refractivity contribution >= 4 is 56.8 Å². The Morgan fingerprint density at radius 2 is 1.83 bits per heavy atom. The average Bonchev–Trinajstić information content (AvgIpc) is 2.53. The Hall–Kier alpha value is -2.38. The van der Waals surface area contributed by atoms with Crippen molar-refractivity contribution < 1.29 is 14.0 Å². The predicted molar refractivity (Wildman–Crippen MR) is 96.7 cm³/mol. The van der Waals surface area contributed by atoms with Crippen LogP contribution in [0.4, 0.5) is 10.1 Å². The van der Waals surface area contributed by atoms with Gasteiger partial charge in [0, 0.05) is 4.47 Å². The van der Waals surface area contributed by atoms with E-state index in [0.29, 0.717) is 11.3 Å². The third kappa shape index (κ3) is 3.27. The van der Waals surface area contributed by atoms with Gasteiger partial charge in [-0.05, 0) is 54.2 Å². The van der Waals surface area contributed by atoms with E-state index in [9.17, 15) is 14.0 Å². The summed E-state index contributed by atoms with van der Waals surface area (Å²) in [5.74, 6) is -1.51. The fourth-order valence-corrected chi connectivity index (χ4v) is 2.90. The SMILES string of the molecule is O=C1NC(=S)N(c2cccc(Br)c2)C(=O)/C1=C/c1ccc(F)cc1. The first-order valence-electron chi connectivity index (χ1n) is 6.88. The Bertz CT molecular complexity index is 880. The minimum atomic E-state index is -0.583. The lowest BCUT2D eigenvalue weighted by Gasteiger charge is -2.29. The first-order valence-corrected chi connectivity index (χ1v) is 8.08. The van der Waals surface area contributed by atoms with E-state index in [0.717, 1.165) is 4.47 Å². The lowest BCUT2D eigenvalue weighted by molar-refractivity contribution is -0.122. The molecule has 1 fully saturated rings. The summed E-state index contributed by atoms with van der Waals surface area (Å²) in [7, 11) is 0. The third-order valence-corrected chi connectivity index (χ3v) is 4.13. The molecule has 0 aliphatic carbocycles. The zero-order valence-electron chi connectivity index (χ0n) is 12.1. The van der Waals surface area contributed by atoms with Gasteiger partial charge in [-0.15, -0.1) is 0 Å². The van der Waals surface area contributed by atoms with Gasteiger partial charge in [0.1, 0.15) is 11.4 Å². The van der Waals surface area contributed by atoms with Crippen LogP contribution in [0, 0.1) is 5.82 Å². The number of amides is 2. The minimum absolute atomic E-state index is 0.0133. The number of benzene rings is 2. The molecular weight excluding hydrogens is 395 g/mol. The van der Waals surface area contributed by atoms with Crippen molar-refractivity contribution in [1.29, 1.82) is 0 Å². The summed E-state index contributed by atoms with van der Waals surface area (Å²) >= 11 is 8.46. The molecule has 0 radical (unpaired) electrons. The Balaban J connectivity index is 2.01. The van der Waals surface area contributed by atoms with Crippen molar-refractivity contribution in [1.82, 2.24) is 5.32 Å². The van der Waals surface area contributed by atoms with Gasteiger partial charge in [0.15, 0.2) is 5.11 Å². The van der Waals surface area contributed by atoms with Crippen LogP contribution in [0.5, 0.6) is 0 Å². The molecule has 1 saturated heterocycles. The van der Waals surface area contributed by atoms with Crippen LogP contribution in [0.3, 0.4) is 0 Å². The molecule has 2 aromatic rings. The number of anilines is 1. The number of hydrogen-bond acceptors (Lipinski definition) is 3. The molecule has 1 heterocycles. The molecule has 120 valence electrons. The summed E-state index contributed by atoms with van der Waals surface area (Å²) < 4.78 is 13.8. The largest absolute Gasteiger partial charge is 0.298 e. The van der Waals surface area contributed by atoms with E-state index in [1.807, 2.05) is 6.07 Å². The van der Waals surface area contributed by atoms with Gasteiger partial charge in [-0.2, -0.15) is 0 Å². The maximum absolute atomic E-state index is 13.0. The number of nitrogens with one attached hydrogen (secondary N) is 1. The summed E-state index contributed by atoms with van der Waals surface area (Å²) in [6, 6.07) is 12.5. The van der Waals surface area contributed by atoms with E-state index >= 15 is 0 Å². The maximum Gasteiger partial charge on any atom is 0.270 e. The summed E-state index contributed by atoms with van der Waals surface area (Å²) in [4.78, 5) is 26.1. The smallest absolute Gasteiger partial charge is 0.270 e. The van der Waals surface area contributed by atoms with Crippen molar-refractivity contribution in [2.45, 2.75) is 0 Å². The van der Waals surface area contributed by atoms with Crippen molar-refractivity contribution in [2.75, 3.05) is 4.90 Å². The Morgan fingerprint density at radius 3 is 2.50 bits per heavy atom. The number of rotatable bonds is 2. The topological polar surface area (TPSA) is 49.4 Å². The molecular formula is C17H10BrFN2O2S. The van der Waals surface area contributed by atoms with Crippen LogP contribution in [0.1, 0.15) is 5.56 Å². The van der Waals surface area contributed by atoms with Gasteiger partial charge in [-0.3, -0.25) is 19.8 Å². The standard InChI is InChI=1S/C17H10BrFN2O2S/c18-11-2-1-3-13(9-11)21-16(23)14(15(22)20-17(21)24)8-10-4-6-12(19)7-5-10/h1-9H,(H,20,22,24)/b14-8+. The monoisotopic (exact) mass is 404 g/mol. The summed E-state index contributed by atoms with van der Waals surface area (Å²) in [6.45, 7) is 0. The molecule has 0 unspecified atom stereocenters. The highest BCUT2D eigenvalue weighted by molar-refractivity contribution is 9.10. The molecule has 24 heavy (non-hydrogen) atoms. The van der Waals surface area contributed by atoms with Gasteiger partial charge in [0.25, 0.3) is 11.8 Å². The molecule has 4 nitrogen and oxygen atoms in total. The van der Waals surface area contributed by atoms with Crippen molar-refractivity contribution in [3.63, 3.8) is 0 Å². The summed E-state index contributed by atoms with van der Waals surface area (Å²) in [6.07, 6.45) is 1.41.